The summed E-state index contributed by atoms with van der Waals surface area (Å²) in [5.41, 5.74) is 0.434. The molecule has 0 radical (unpaired) electrons. The summed E-state index contributed by atoms with van der Waals surface area (Å²) >= 11 is 0. The SMILES string of the molecule is CCC1CCN(CC)C12CCOC2. The molecule has 13 heavy (non-hydrogen) atoms. The van der Waals surface area contributed by atoms with Crippen molar-refractivity contribution in [3.63, 3.8) is 0 Å². The zero-order valence-electron chi connectivity index (χ0n) is 8.88. The molecule has 0 aromatic heterocycles. The zero-order chi connectivity index (χ0) is 9.31. The number of hydrogen-bond acceptors (Lipinski definition) is 2. The lowest BCUT2D eigenvalue weighted by Crippen LogP contribution is -2.48. The molecule has 0 aromatic carbocycles. The van der Waals surface area contributed by atoms with Gasteiger partial charge in [0, 0.05) is 12.1 Å². The van der Waals surface area contributed by atoms with Crippen LogP contribution in [0, 0.1) is 5.92 Å². The maximum absolute atomic E-state index is 5.60. The van der Waals surface area contributed by atoms with E-state index in [9.17, 15) is 0 Å². The predicted octanol–water partition coefficient (Wildman–Crippen LogP) is 1.90. The molecule has 2 heterocycles. The summed E-state index contributed by atoms with van der Waals surface area (Å²) in [6.07, 6.45) is 3.97. The third-order valence-electron chi connectivity index (χ3n) is 4.04. The van der Waals surface area contributed by atoms with Gasteiger partial charge in [-0.2, -0.15) is 0 Å². The van der Waals surface area contributed by atoms with Crippen LogP contribution in [-0.2, 0) is 4.74 Å². The molecule has 0 saturated carbocycles. The van der Waals surface area contributed by atoms with E-state index < -0.39 is 0 Å². The maximum atomic E-state index is 5.60. The lowest BCUT2D eigenvalue weighted by molar-refractivity contribution is 0.0766. The van der Waals surface area contributed by atoms with Gasteiger partial charge in [-0.25, -0.2) is 0 Å². The van der Waals surface area contributed by atoms with Crippen LogP contribution in [0.15, 0.2) is 0 Å². The molecule has 0 amide bonds. The van der Waals surface area contributed by atoms with Gasteiger partial charge in [0.05, 0.1) is 6.61 Å². The molecule has 2 rings (SSSR count). The molecule has 1 spiro atoms. The first-order valence-electron chi connectivity index (χ1n) is 5.66. The summed E-state index contributed by atoms with van der Waals surface area (Å²) in [6, 6.07) is 0. The molecule has 0 bridgehead atoms. The van der Waals surface area contributed by atoms with E-state index >= 15 is 0 Å². The Kier molecular flexibility index (Phi) is 2.61. The second kappa shape index (κ2) is 3.58. The van der Waals surface area contributed by atoms with Crippen molar-refractivity contribution in [1.82, 2.24) is 4.90 Å². The Labute approximate surface area is 81.3 Å². The lowest BCUT2D eigenvalue weighted by Gasteiger charge is -2.37. The Morgan fingerprint density at radius 1 is 1.46 bits per heavy atom. The first-order valence-corrected chi connectivity index (χ1v) is 5.66. The van der Waals surface area contributed by atoms with Gasteiger partial charge >= 0.3 is 0 Å². The van der Waals surface area contributed by atoms with Crippen molar-refractivity contribution in [1.29, 1.82) is 0 Å². The van der Waals surface area contributed by atoms with Crippen LogP contribution in [0.2, 0.25) is 0 Å². The van der Waals surface area contributed by atoms with Crippen LogP contribution in [-0.4, -0.2) is 36.7 Å². The highest BCUT2D eigenvalue weighted by atomic mass is 16.5. The van der Waals surface area contributed by atoms with Crippen molar-refractivity contribution < 1.29 is 4.74 Å². The molecular weight excluding hydrogens is 162 g/mol. The zero-order valence-corrected chi connectivity index (χ0v) is 8.88. The lowest BCUT2D eigenvalue weighted by atomic mass is 9.82. The van der Waals surface area contributed by atoms with Crippen LogP contribution in [0.3, 0.4) is 0 Å². The first kappa shape index (κ1) is 9.47. The molecular formula is C11H21NO. The molecule has 2 fully saturated rings. The molecule has 0 N–H and O–H groups in total. The number of rotatable bonds is 2. The van der Waals surface area contributed by atoms with Crippen LogP contribution >= 0.6 is 0 Å². The van der Waals surface area contributed by atoms with Gasteiger partial charge in [0.15, 0.2) is 0 Å². The van der Waals surface area contributed by atoms with Gasteiger partial charge in [0.1, 0.15) is 0 Å². The third-order valence-corrected chi connectivity index (χ3v) is 4.04. The Hall–Kier alpha value is -0.0800. The first-order chi connectivity index (χ1) is 6.33. The molecule has 2 atom stereocenters. The molecule has 2 aliphatic rings. The molecule has 0 aliphatic carbocycles. The molecule has 2 nitrogen and oxygen atoms in total. The number of hydrogen-bond donors (Lipinski definition) is 0. The van der Waals surface area contributed by atoms with Crippen molar-refractivity contribution >= 4 is 0 Å². The predicted molar refractivity (Wildman–Crippen MR) is 53.8 cm³/mol. The summed E-state index contributed by atoms with van der Waals surface area (Å²) in [6.45, 7) is 9.05. The van der Waals surface area contributed by atoms with Crippen LogP contribution < -0.4 is 0 Å². The number of likely N-dealkylation sites (N-methyl/N-ethyl adjacent to an activating group) is 1. The topological polar surface area (TPSA) is 12.5 Å². The summed E-state index contributed by atoms with van der Waals surface area (Å²) in [4.78, 5) is 2.65. The van der Waals surface area contributed by atoms with Crippen LogP contribution in [0.4, 0.5) is 0 Å². The van der Waals surface area contributed by atoms with E-state index in [1.807, 2.05) is 0 Å². The van der Waals surface area contributed by atoms with E-state index in [0.717, 1.165) is 19.1 Å². The van der Waals surface area contributed by atoms with Crippen molar-refractivity contribution in [2.45, 2.75) is 38.6 Å². The van der Waals surface area contributed by atoms with E-state index in [0.29, 0.717) is 5.54 Å². The summed E-state index contributed by atoms with van der Waals surface area (Å²) in [7, 11) is 0. The molecule has 2 heteroatoms. The number of nitrogens with zero attached hydrogens (tertiary/aromatic N) is 1. The fraction of sp³-hybridized carbons (Fsp3) is 1.00. The summed E-state index contributed by atoms with van der Waals surface area (Å²) < 4.78 is 5.60. The minimum absolute atomic E-state index is 0.434. The van der Waals surface area contributed by atoms with Crippen molar-refractivity contribution in [2.24, 2.45) is 5.92 Å². The van der Waals surface area contributed by atoms with Crippen molar-refractivity contribution in [3.8, 4) is 0 Å². The standard InChI is InChI=1S/C11H21NO/c1-3-10-5-7-12(4-2)11(10)6-8-13-9-11/h10H,3-9H2,1-2H3. The summed E-state index contributed by atoms with van der Waals surface area (Å²) in [5, 5.41) is 0. The van der Waals surface area contributed by atoms with Crippen molar-refractivity contribution in [2.75, 3.05) is 26.3 Å². The molecule has 2 saturated heterocycles. The Balaban J connectivity index is 2.16. The van der Waals surface area contributed by atoms with Gasteiger partial charge in [-0.1, -0.05) is 20.3 Å². The second-order valence-corrected chi connectivity index (χ2v) is 4.38. The normalized spacial score (nSPS) is 40.6. The highest BCUT2D eigenvalue weighted by molar-refractivity contribution is 5.03. The van der Waals surface area contributed by atoms with Gasteiger partial charge < -0.3 is 4.74 Å². The third kappa shape index (κ3) is 1.31. The maximum Gasteiger partial charge on any atom is 0.0654 e. The average molecular weight is 183 g/mol. The molecule has 0 aromatic rings. The smallest absolute Gasteiger partial charge is 0.0654 e. The van der Waals surface area contributed by atoms with Gasteiger partial charge in [-0.15, -0.1) is 0 Å². The van der Waals surface area contributed by atoms with E-state index in [-0.39, 0.29) is 0 Å². The minimum Gasteiger partial charge on any atom is -0.379 e. The van der Waals surface area contributed by atoms with Crippen molar-refractivity contribution in [3.05, 3.63) is 0 Å². The summed E-state index contributed by atoms with van der Waals surface area (Å²) in [5.74, 6) is 0.884. The number of likely N-dealkylation sites (tertiary alicyclic amines) is 1. The van der Waals surface area contributed by atoms with Crippen LogP contribution in [0.1, 0.15) is 33.1 Å². The van der Waals surface area contributed by atoms with E-state index in [2.05, 4.69) is 18.7 Å². The average Bonchev–Trinajstić information content (AvgIpc) is 2.75. The monoisotopic (exact) mass is 183 g/mol. The highest BCUT2D eigenvalue weighted by Crippen LogP contribution is 2.42. The highest BCUT2D eigenvalue weighted by Gasteiger charge is 2.49. The fourth-order valence-electron chi connectivity index (χ4n) is 3.26. The molecule has 76 valence electrons. The fourth-order valence-corrected chi connectivity index (χ4v) is 3.26. The Morgan fingerprint density at radius 3 is 2.85 bits per heavy atom. The second-order valence-electron chi connectivity index (χ2n) is 4.38. The van der Waals surface area contributed by atoms with Gasteiger partial charge in [-0.05, 0) is 31.8 Å². The van der Waals surface area contributed by atoms with Gasteiger partial charge in [0.25, 0.3) is 0 Å². The van der Waals surface area contributed by atoms with Crippen LogP contribution in [0.25, 0.3) is 0 Å². The Morgan fingerprint density at radius 2 is 2.31 bits per heavy atom. The van der Waals surface area contributed by atoms with Gasteiger partial charge in [-0.3, -0.25) is 4.90 Å². The quantitative estimate of drug-likeness (QED) is 0.648. The Bertz CT molecular complexity index is 161. The molecule has 2 unspecified atom stereocenters. The largest absolute Gasteiger partial charge is 0.379 e. The van der Waals surface area contributed by atoms with E-state index in [4.69, 9.17) is 4.74 Å². The minimum atomic E-state index is 0.434. The number of ether oxygens (including phenoxy) is 1. The van der Waals surface area contributed by atoms with E-state index in [1.165, 1.54) is 32.4 Å². The molecule has 2 aliphatic heterocycles. The van der Waals surface area contributed by atoms with E-state index in [1.54, 1.807) is 0 Å². The van der Waals surface area contributed by atoms with Crippen LogP contribution in [0.5, 0.6) is 0 Å². The van der Waals surface area contributed by atoms with Gasteiger partial charge in [0.2, 0.25) is 0 Å².